The monoisotopic (exact) mass is 423 g/mol. The van der Waals surface area contributed by atoms with E-state index in [1.54, 1.807) is 48.5 Å². The molecule has 0 heterocycles. The second-order valence-corrected chi connectivity index (χ2v) is 8.18. The van der Waals surface area contributed by atoms with Gasteiger partial charge in [0.15, 0.2) is 0 Å². The zero-order chi connectivity index (χ0) is 20.7. The van der Waals surface area contributed by atoms with Crippen molar-refractivity contribution in [3.8, 4) is 5.75 Å². The number of hydrazone groups is 1. The molecule has 1 amide bonds. The number of nitrogens with one attached hydrogen (secondary N) is 1. The third-order valence-corrected chi connectivity index (χ3v) is 5.36. The minimum absolute atomic E-state index is 0.351. The van der Waals surface area contributed by atoms with E-state index in [1.165, 1.54) is 13.1 Å². The third kappa shape index (κ3) is 5.71. The van der Waals surface area contributed by atoms with Crippen molar-refractivity contribution in [2.45, 2.75) is 19.9 Å². The zero-order valence-electron chi connectivity index (χ0n) is 15.8. The largest absolute Gasteiger partial charge is 0.494 e. The number of carbonyl (C=O) groups excluding carboxylic acids is 1. The van der Waals surface area contributed by atoms with Gasteiger partial charge in [0, 0.05) is 10.6 Å². The summed E-state index contributed by atoms with van der Waals surface area (Å²) in [6.45, 7) is 3.83. The number of amides is 1. The maximum Gasteiger partial charge on any atom is 0.263 e. The summed E-state index contributed by atoms with van der Waals surface area (Å²) in [6, 6.07) is 12.5. The Bertz CT molecular complexity index is 946. The molecule has 0 aromatic heterocycles. The lowest BCUT2D eigenvalue weighted by Gasteiger charge is -2.27. The molecule has 150 valence electrons. The summed E-state index contributed by atoms with van der Waals surface area (Å²) >= 11 is 6.03. The summed E-state index contributed by atoms with van der Waals surface area (Å²) in [5.41, 5.74) is 3.33. The number of ether oxygens (including phenoxy) is 1. The molecule has 0 radical (unpaired) electrons. The van der Waals surface area contributed by atoms with Gasteiger partial charge in [-0.05, 0) is 44.2 Å². The van der Waals surface area contributed by atoms with E-state index in [9.17, 15) is 13.2 Å². The second-order valence-electron chi connectivity index (χ2n) is 5.92. The highest BCUT2D eigenvalue weighted by molar-refractivity contribution is 7.92. The maximum absolute atomic E-state index is 12.5. The van der Waals surface area contributed by atoms with Gasteiger partial charge in [-0.3, -0.25) is 9.10 Å². The van der Waals surface area contributed by atoms with Crippen LogP contribution in [0.15, 0.2) is 53.6 Å². The van der Waals surface area contributed by atoms with Gasteiger partial charge < -0.3 is 4.74 Å². The van der Waals surface area contributed by atoms with Crippen molar-refractivity contribution in [3.63, 3.8) is 0 Å². The van der Waals surface area contributed by atoms with Gasteiger partial charge >= 0.3 is 0 Å². The fourth-order valence-corrected chi connectivity index (χ4v) is 3.86. The molecule has 0 spiro atoms. The maximum atomic E-state index is 12.5. The highest BCUT2D eigenvalue weighted by atomic mass is 35.5. The van der Waals surface area contributed by atoms with Gasteiger partial charge in [0.2, 0.25) is 10.0 Å². The van der Waals surface area contributed by atoms with E-state index in [-0.39, 0.29) is 0 Å². The minimum atomic E-state index is -3.71. The Hall–Kier alpha value is -2.58. The Labute approximate surface area is 170 Å². The van der Waals surface area contributed by atoms with E-state index in [2.05, 4.69) is 10.5 Å². The minimum Gasteiger partial charge on any atom is -0.494 e. The van der Waals surface area contributed by atoms with E-state index in [0.29, 0.717) is 28.6 Å². The van der Waals surface area contributed by atoms with Gasteiger partial charge in [0.1, 0.15) is 11.8 Å². The van der Waals surface area contributed by atoms with Crippen molar-refractivity contribution < 1.29 is 17.9 Å². The Balaban J connectivity index is 2.17. The lowest BCUT2D eigenvalue weighted by Crippen LogP contribution is -2.46. The third-order valence-electron chi connectivity index (χ3n) is 3.77. The Morgan fingerprint density at radius 3 is 2.46 bits per heavy atom. The van der Waals surface area contributed by atoms with E-state index >= 15 is 0 Å². The molecule has 0 saturated heterocycles. The predicted octanol–water partition coefficient (Wildman–Crippen LogP) is 3.04. The van der Waals surface area contributed by atoms with Crippen molar-refractivity contribution in [3.05, 3.63) is 59.1 Å². The Morgan fingerprint density at radius 2 is 1.89 bits per heavy atom. The fourth-order valence-electron chi connectivity index (χ4n) is 2.50. The normalized spacial score (nSPS) is 12.6. The van der Waals surface area contributed by atoms with Crippen LogP contribution in [0.5, 0.6) is 5.75 Å². The summed E-state index contributed by atoms with van der Waals surface area (Å²) < 4.78 is 31.0. The number of halogens is 1. The molecule has 2 rings (SSSR count). The van der Waals surface area contributed by atoms with Gasteiger partial charge in [0.25, 0.3) is 5.91 Å². The number of sulfonamides is 1. The number of benzene rings is 2. The first kappa shape index (κ1) is 21.7. The first-order valence-electron chi connectivity index (χ1n) is 8.53. The zero-order valence-corrected chi connectivity index (χ0v) is 17.4. The van der Waals surface area contributed by atoms with Crippen LogP contribution in [0.3, 0.4) is 0 Å². The molecule has 0 bridgehead atoms. The molecule has 9 heteroatoms. The molecule has 2 aromatic carbocycles. The first-order chi connectivity index (χ1) is 13.2. The van der Waals surface area contributed by atoms with Crippen molar-refractivity contribution in [1.82, 2.24) is 5.43 Å². The van der Waals surface area contributed by atoms with E-state index < -0.39 is 22.0 Å². The van der Waals surface area contributed by atoms with Crippen molar-refractivity contribution >= 4 is 39.4 Å². The fraction of sp³-hybridized carbons (Fsp3) is 0.263. The molecule has 28 heavy (non-hydrogen) atoms. The smallest absolute Gasteiger partial charge is 0.263 e. The predicted molar refractivity (Wildman–Crippen MR) is 112 cm³/mol. The lowest BCUT2D eigenvalue weighted by molar-refractivity contribution is -0.121. The van der Waals surface area contributed by atoms with Gasteiger partial charge in [0.05, 0.1) is 24.8 Å². The number of anilines is 1. The summed E-state index contributed by atoms with van der Waals surface area (Å²) in [6.07, 6.45) is 2.44. The van der Waals surface area contributed by atoms with Crippen LogP contribution in [0, 0.1) is 0 Å². The Kier molecular flexibility index (Phi) is 7.42. The number of nitrogens with zero attached hydrogens (tertiary/aromatic N) is 2. The summed E-state index contributed by atoms with van der Waals surface area (Å²) in [5, 5.41) is 4.36. The number of hydrogen-bond acceptors (Lipinski definition) is 5. The van der Waals surface area contributed by atoms with Crippen LogP contribution >= 0.6 is 11.6 Å². The molecule has 1 N–H and O–H groups in total. The van der Waals surface area contributed by atoms with Crippen molar-refractivity contribution in [1.29, 1.82) is 0 Å². The van der Waals surface area contributed by atoms with Crippen LogP contribution in [0.2, 0.25) is 5.02 Å². The quantitative estimate of drug-likeness (QED) is 0.522. The van der Waals surface area contributed by atoms with Gasteiger partial charge in [-0.15, -0.1) is 0 Å². The standard InChI is InChI=1S/C19H22ClN3O4S/c1-4-27-17-11-9-16(10-12-17)23(28(3,25)26)14(2)19(24)22-21-13-15-7-5-6-8-18(15)20/h5-14H,4H2,1-3H3,(H,22,24)/b21-13-/t14-/m0/s1. The first-order valence-corrected chi connectivity index (χ1v) is 10.8. The average Bonchev–Trinajstić information content (AvgIpc) is 2.64. The molecule has 0 aliphatic carbocycles. The lowest BCUT2D eigenvalue weighted by atomic mass is 10.2. The molecule has 0 saturated carbocycles. The van der Waals surface area contributed by atoms with Crippen LogP contribution in [0.1, 0.15) is 19.4 Å². The van der Waals surface area contributed by atoms with E-state index in [0.717, 1.165) is 10.6 Å². The molecule has 0 unspecified atom stereocenters. The highest BCUT2D eigenvalue weighted by Crippen LogP contribution is 2.24. The summed E-state index contributed by atoms with van der Waals surface area (Å²) in [4.78, 5) is 12.5. The van der Waals surface area contributed by atoms with Crippen LogP contribution in [-0.2, 0) is 14.8 Å². The highest BCUT2D eigenvalue weighted by Gasteiger charge is 2.29. The van der Waals surface area contributed by atoms with Crippen LogP contribution in [-0.4, -0.2) is 39.4 Å². The number of hydrogen-bond donors (Lipinski definition) is 1. The molecular weight excluding hydrogens is 402 g/mol. The number of carbonyl (C=O) groups is 1. The topological polar surface area (TPSA) is 88.1 Å². The molecule has 2 aromatic rings. The van der Waals surface area contributed by atoms with Crippen molar-refractivity contribution in [2.24, 2.45) is 5.10 Å². The number of rotatable bonds is 8. The van der Waals surface area contributed by atoms with Gasteiger partial charge in [-0.2, -0.15) is 5.10 Å². The Morgan fingerprint density at radius 1 is 1.25 bits per heavy atom. The van der Waals surface area contributed by atoms with Crippen LogP contribution < -0.4 is 14.5 Å². The average molecular weight is 424 g/mol. The second kappa shape index (κ2) is 9.57. The molecule has 0 fully saturated rings. The van der Waals surface area contributed by atoms with Gasteiger partial charge in [-0.25, -0.2) is 13.8 Å². The molecule has 0 aliphatic rings. The summed E-state index contributed by atoms with van der Waals surface area (Å²) in [7, 11) is -3.71. The molecule has 7 nitrogen and oxygen atoms in total. The van der Waals surface area contributed by atoms with E-state index in [4.69, 9.17) is 16.3 Å². The van der Waals surface area contributed by atoms with Crippen LogP contribution in [0.4, 0.5) is 5.69 Å². The summed E-state index contributed by atoms with van der Waals surface area (Å²) in [5.74, 6) is 0.0313. The molecule has 0 aliphatic heterocycles. The van der Waals surface area contributed by atoms with Crippen LogP contribution in [0.25, 0.3) is 0 Å². The van der Waals surface area contributed by atoms with Crippen molar-refractivity contribution in [2.75, 3.05) is 17.2 Å². The SMILES string of the molecule is CCOc1ccc(N([C@@H](C)C(=O)N/N=C\c2ccccc2Cl)S(C)(=O)=O)cc1. The van der Waals surface area contributed by atoms with E-state index in [1.807, 2.05) is 6.92 Å². The molecule has 1 atom stereocenters. The van der Waals surface area contributed by atoms with Gasteiger partial charge in [-0.1, -0.05) is 29.8 Å². The molecular formula is C19H22ClN3O4S.